The predicted octanol–water partition coefficient (Wildman–Crippen LogP) is 3.67. The highest BCUT2D eigenvalue weighted by Gasteiger charge is 2.26. The molecule has 0 atom stereocenters. The maximum atomic E-state index is 3.39. The Labute approximate surface area is 141 Å². The highest BCUT2D eigenvalue weighted by atomic mass is 15.2. The van der Waals surface area contributed by atoms with E-state index in [0.29, 0.717) is 0 Å². The van der Waals surface area contributed by atoms with Gasteiger partial charge in [0.15, 0.2) is 0 Å². The van der Waals surface area contributed by atoms with E-state index in [0.717, 1.165) is 19.5 Å². The minimum atomic E-state index is 1.06. The molecule has 4 nitrogen and oxygen atoms in total. The molecule has 0 radical (unpaired) electrons. The smallest absolute Gasteiger partial charge is 0.247 e. The summed E-state index contributed by atoms with van der Waals surface area (Å²) >= 11 is 0. The molecule has 0 unspecified atom stereocenters. The Morgan fingerprint density at radius 3 is 2.52 bits per heavy atom. The quantitative estimate of drug-likeness (QED) is 0.511. The monoisotopic (exact) mass is 318 g/mol. The summed E-state index contributed by atoms with van der Waals surface area (Å²) in [7, 11) is 2.14. The molecule has 0 saturated carbocycles. The van der Waals surface area contributed by atoms with E-state index in [1.165, 1.54) is 55.9 Å². The first kappa shape index (κ1) is 17.8. The molecule has 0 saturated heterocycles. The third-order valence-electron chi connectivity index (χ3n) is 4.62. The standard InChI is InChI=1S/C19H33N4/c1-5-7-8-9-10-11-13-22-15-14-21(4)19(22)18-16-20-17(3)23(18)12-6-2/h14-16H,5-13H2,1-4H3/q+1/p+1. The van der Waals surface area contributed by atoms with Crippen LogP contribution in [0.4, 0.5) is 0 Å². The molecule has 0 bridgehead atoms. The summed E-state index contributed by atoms with van der Waals surface area (Å²) < 4.78 is 7.05. The summed E-state index contributed by atoms with van der Waals surface area (Å²) in [6.07, 6.45) is 15.8. The molecule has 0 spiro atoms. The topological polar surface area (TPSA) is 28.5 Å². The molecule has 0 aliphatic rings. The molecule has 0 amide bonds. The van der Waals surface area contributed by atoms with Crippen LogP contribution < -0.4 is 9.13 Å². The Kier molecular flexibility index (Phi) is 6.87. The molecule has 2 aromatic rings. The normalized spacial score (nSPS) is 11.3. The summed E-state index contributed by atoms with van der Waals surface area (Å²) in [6.45, 7) is 8.83. The van der Waals surface area contributed by atoms with E-state index in [1.54, 1.807) is 0 Å². The maximum absolute atomic E-state index is 3.39. The summed E-state index contributed by atoms with van der Waals surface area (Å²) in [5, 5.41) is 0. The number of imidazole rings is 2. The molecule has 2 aromatic heterocycles. The van der Waals surface area contributed by atoms with E-state index in [9.17, 15) is 0 Å². The molecule has 0 fully saturated rings. The molecule has 4 heteroatoms. The molecular weight excluding hydrogens is 284 g/mol. The van der Waals surface area contributed by atoms with Gasteiger partial charge in [0, 0.05) is 6.92 Å². The SMILES string of the molecule is CCCCCCCCn1cc[n+](C)c1-c1c[nH]c(C)[n+]1CCC. The van der Waals surface area contributed by atoms with Crippen molar-refractivity contribution in [1.29, 1.82) is 0 Å². The minimum Gasteiger partial charge on any atom is -0.247 e. The van der Waals surface area contributed by atoms with Crippen LogP contribution in [0.5, 0.6) is 0 Å². The summed E-state index contributed by atoms with van der Waals surface area (Å²) in [6, 6.07) is 0. The summed E-state index contributed by atoms with van der Waals surface area (Å²) in [5.41, 5.74) is 1.29. The van der Waals surface area contributed by atoms with Gasteiger partial charge in [-0.05, 0) is 19.3 Å². The Balaban J connectivity index is 2.07. The average molecular weight is 319 g/mol. The lowest BCUT2D eigenvalue weighted by Crippen LogP contribution is -2.41. The molecule has 1 N–H and O–H groups in total. The number of rotatable bonds is 10. The van der Waals surface area contributed by atoms with Crippen molar-refractivity contribution in [3.8, 4) is 11.5 Å². The van der Waals surface area contributed by atoms with E-state index >= 15 is 0 Å². The first-order chi connectivity index (χ1) is 11.2. The third-order valence-corrected chi connectivity index (χ3v) is 4.62. The number of unbranched alkanes of at least 4 members (excludes halogenated alkanes) is 5. The van der Waals surface area contributed by atoms with Crippen LogP contribution in [0.1, 0.15) is 64.6 Å². The van der Waals surface area contributed by atoms with Gasteiger partial charge in [-0.3, -0.25) is 0 Å². The Morgan fingerprint density at radius 1 is 1.04 bits per heavy atom. The molecule has 0 aromatic carbocycles. The van der Waals surface area contributed by atoms with Gasteiger partial charge >= 0.3 is 5.82 Å². The van der Waals surface area contributed by atoms with Crippen LogP contribution in [0, 0.1) is 6.92 Å². The number of aromatic amines is 1. The first-order valence-corrected chi connectivity index (χ1v) is 9.32. The maximum Gasteiger partial charge on any atom is 0.333 e. The van der Waals surface area contributed by atoms with Crippen LogP contribution in [-0.4, -0.2) is 9.55 Å². The largest absolute Gasteiger partial charge is 0.333 e. The number of hydrogen-bond acceptors (Lipinski definition) is 0. The van der Waals surface area contributed by atoms with Crippen LogP contribution in [0.15, 0.2) is 18.6 Å². The molecular formula is C19H34N4+2. The number of hydrogen-bond donors (Lipinski definition) is 1. The van der Waals surface area contributed by atoms with Crippen molar-refractivity contribution in [3.63, 3.8) is 0 Å². The van der Waals surface area contributed by atoms with Crippen LogP contribution in [0.25, 0.3) is 11.5 Å². The lowest BCUT2D eigenvalue weighted by molar-refractivity contribution is -0.708. The lowest BCUT2D eigenvalue weighted by atomic mass is 10.1. The van der Waals surface area contributed by atoms with Gasteiger partial charge in [0.05, 0.1) is 20.1 Å². The predicted molar refractivity (Wildman–Crippen MR) is 94.0 cm³/mol. The van der Waals surface area contributed by atoms with Gasteiger partial charge in [0.2, 0.25) is 0 Å². The van der Waals surface area contributed by atoms with E-state index < -0.39 is 0 Å². The first-order valence-electron chi connectivity index (χ1n) is 9.32. The van der Waals surface area contributed by atoms with E-state index in [1.807, 2.05) is 0 Å². The van der Waals surface area contributed by atoms with Crippen molar-refractivity contribution in [1.82, 2.24) is 9.55 Å². The van der Waals surface area contributed by atoms with Gasteiger partial charge in [-0.25, -0.2) is 18.7 Å². The zero-order valence-electron chi connectivity index (χ0n) is 15.4. The number of H-pyrrole nitrogens is 1. The average Bonchev–Trinajstić information content (AvgIpc) is 3.07. The molecule has 0 aliphatic heterocycles. The Hall–Kier alpha value is -1.58. The van der Waals surface area contributed by atoms with Crippen LogP contribution in [0.3, 0.4) is 0 Å². The molecule has 0 aliphatic carbocycles. The fourth-order valence-corrected chi connectivity index (χ4v) is 3.30. The summed E-state index contributed by atoms with van der Waals surface area (Å²) in [4.78, 5) is 3.39. The molecule has 23 heavy (non-hydrogen) atoms. The Bertz CT molecular complexity index is 595. The van der Waals surface area contributed by atoms with Gasteiger partial charge in [0.25, 0.3) is 11.5 Å². The van der Waals surface area contributed by atoms with Crippen molar-refractivity contribution in [2.45, 2.75) is 78.8 Å². The van der Waals surface area contributed by atoms with Crippen molar-refractivity contribution in [2.75, 3.05) is 0 Å². The van der Waals surface area contributed by atoms with Gasteiger partial charge in [-0.15, -0.1) is 0 Å². The van der Waals surface area contributed by atoms with Crippen molar-refractivity contribution < 1.29 is 9.13 Å². The van der Waals surface area contributed by atoms with Gasteiger partial charge < -0.3 is 0 Å². The van der Waals surface area contributed by atoms with Crippen LogP contribution in [0.2, 0.25) is 0 Å². The second-order valence-corrected chi connectivity index (χ2v) is 6.60. The van der Waals surface area contributed by atoms with E-state index in [2.05, 4.69) is 65.1 Å². The second kappa shape index (κ2) is 8.90. The minimum absolute atomic E-state index is 1.06. The Morgan fingerprint density at radius 2 is 1.78 bits per heavy atom. The fourth-order valence-electron chi connectivity index (χ4n) is 3.30. The van der Waals surface area contributed by atoms with Crippen LogP contribution in [-0.2, 0) is 20.1 Å². The fraction of sp³-hybridized carbons (Fsp3) is 0.684. The third kappa shape index (κ3) is 4.46. The zero-order valence-corrected chi connectivity index (χ0v) is 15.4. The number of nitrogens with zero attached hydrogens (tertiary/aromatic N) is 3. The van der Waals surface area contributed by atoms with Gasteiger partial charge in [0.1, 0.15) is 18.6 Å². The summed E-state index contributed by atoms with van der Waals surface area (Å²) in [5.74, 6) is 2.53. The van der Waals surface area contributed by atoms with Gasteiger partial charge in [-0.2, -0.15) is 0 Å². The zero-order chi connectivity index (χ0) is 16.7. The number of aromatic nitrogens is 4. The van der Waals surface area contributed by atoms with Crippen molar-refractivity contribution >= 4 is 0 Å². The second-order valence-electron chi connectivity index (χ2n) is 6.60. The molecule has 2 rings (SSSR count). The highest BCUT2D eigenvalue weighted by Crippen LogP contribution is 2.14. The number of aryl methyl sites for hydroxylation is 3. The van der Waals surface area contributed by atoms with Crippen molar-refractivity contribution in [2.24, 2.45) is 7.05 Å². The highest BCUT2D eigenvalue weighted by molar-refractivity contribution is 5.40. The molecule has 2 heterocycles. The van der Waals surface area contributed by atoms with Crippen molar-refractivity contribution in [3.05, 3.63) is 24.4 Å². The number of nitrogens with one attached hydrogen (secondary N) is 1. The van der Waals surface area contributed by atoms with Gasteiger partial charge in [-0.1, -0.05) is 39.5 Å². The lowest BCUT2D eigenvalue weighted by Gasteiger charge is -2.04. The van der Waals surface area contributed by atoms with E-state index in [-0.39, 0.29) is 0 Å². The van der Waals surface area contributed by atoms with E-state index in [4.69, 9.17) is 0 Å². The van der Waals surface area contributed by atoms with Crippen LogP contribution >= 0.6 is 0 Å². The molecule has 128 valence electrons.